The minimum absolute atomic E-state index is 0.913. The van der Waals surface area contributed by atoms with E-state index in [2.05, 4.69) is 69.0 Å². The second-order valence-corrected chi connectivity index (χ2v) is 8.35. The van der Waals surface area contributed by atoms with Crippen LogP contribution in [-0.2, 0) is 0 Å². The lowest BCUT2D eigenvalue weighted by molar-refractivity contribution is 0.669. The van der Waals surface area contributed by atoms with Crippen LogP contribution in [-0.4, -0.2) is 14.4 Å². The van der Waals surface area contributed by atoms with Crippen molar-refractivity contribution in [3.63, 3.8) is 0 Å². The van der Waals surface area contributed by atoms with E-state index in [9.17, 15) is 0 Å². The standard InChI is InChI=1S/C28H15N3O/c1-2-4-26-20(3-1)21-6-5-16(13-27(21)32-26)17-11-22-18-7-9-29-14-24(18)31-25-15-30-10-8-19(25)23(12-17)28(22)31/h1-15H. The van der Waals surface area contributed by atoms with E-state index in [0.29, 0.717) is 0 Å². The van der Waals surface area contributed by atoms with Gasteiger partial charge >= 0.3 is 0 Å². The Morgan fingerprint density at radius 3 is 2.00 bits per heavy atom. The van der Waals surface area contributed by atoms with Gasteiger partial charge in [0.1, 0.15) is 11.2 Å². The molecule has 0 fully saturated rings. The van der Waals surface area contributed by atoms with E-state index in [-0.39, 0.29) is 0 Å². The van der Waals surface area contributed by atoms with Gasteiger partial charge in [-0.1, -0.05) is 24.3 Å². The zero-order valence-corrected chi connectivity index (χ0v) is 16.9. The molecule has 5 aromatic heterocycles. The maximum atomic E-state index is 6.16. The molecule has 4 heteroatoms. The predicted octanol–water partition coefficient (Wildman–Crippen LogP) is 7.19. The van der Waals surface area contributed by atoms with Crippen LogP contribution in [0, 0.1) is 0 Å². The van der Waals surface area contributed by atoms with E-state index in [1.165, 1.54) is 32.6 Å². The summed E-state index contributed by atoms with van der Waals surface area (Å²) in [4.78, 5) is 8.79. The Hall–Kier alpha value is -4.44. The molecule has 8 rings (SSSR count). The van der Waals surface area contributed by atoms with E-state index in [1.54, 1.807) is 0 Å². The summed E-state index contributed by atoms with van der Waals surface area (Å²) in [5, 5.41) is 7.18. The fraction of sp³-hybridized carbons (Fsp3) is 0. The summed E-state index contributed by atoms with van der Waals surface area (Å²) < 4.78 is 8.45. The van der Waals surface area contributed by atoms with Gasteiger partial charge in [-0.3, -0.25) is 9.97 Å². The quantitative estimate of drug-likeness (QED) is 0.288. The van der Waals surface area contributed by atoms with Crippen LogP contribution >= 0.6 is 0 Å². The fourth-order valence-electron chi connectivity index (χ4n) is 5.31. The molecule has 0 N–H and O–H groups in total. The van der Waals surface area contributed by atoms with Crippen molar-refractivity contribution >= 4 is 60.0 Å². The van der Waals surface area contributed by atoms with E-state index in [4.69, 9.17) is 4.42 Å². The van der Waals surface area contributed by atoms with Gasteiger partial charge < -0.3 is 8.82 Å². The van der Waals surface area contributed by atoms with Gasteiger partial charge in [0.25, 0.3) is 0 Å². The molecule has 0 spiro atoms. The highest BCUT2D eigenvalue weighted by Crippen LogP contribution is 2.41. The van der Waals surface area contributed by atoms with Crippen LogP contribution in [0.25, 0.3) is 71.2 Å². The predicted molar refractivity (Wildman–Crippen MR) is 129 cm³/mol. The summed E-state index contributed by atoms with van der Waals surface area (Å²) in [6, 6.07) is 23.5. The SMILES string of the molecule is c1ccc2c(c1)oc1cc(-c3cc4c5ccncc5n5c6cnccc6c(c3)c45)ccc12. The number of hydrogen-bond donors (Lipinski definition) is 0. The number of para-hydroxylation sites is 1. The summed E-state index contributed by atoms with van der Waals surface area (Å²) >= 11 is 0. The molecule has 3 aromatic carbocycles. The average molecular weight is 409 g/mol. The third-order valence-electron chi connectivity index (χ3n) is 6.71. The minimum Gasteiger partial charge on any atom is -0.456 e. The molecular weight excluding hydrogens is 394 g/mol. The van der Waals surface area contributed by atoms with Crippen molar-refractivity contribution in [2.45, 2.75) is 0 Å². The number of furan rings is 1. The second-order valence-electron chi connectivity index (χ2n) is 8.35. The van der Waals surface area contributed by atoms with Gasteiger partial charge in [0.05, 0.1) is 28.9 Å². The number of hydrogen-bond acceptors (Lipinski definition) is 3. The molecule has 4 nitrogen and oxygen atoms in total. The van der Waals surface area contributed by atoms with Crippen LogP contribution in [0.1, 0.15) is 0 Å². The maximum Gasteiger partial charge on any atom is 0.136 e. The molecule has 0 aliphatic carbocycles. The summed E-state index contributed by atoms with van der Waals surface area (Å²) in [5.41, 5.74) is 7.61. The molecule has 0 aliphatic heterocycles. The van der Waals surface area contributed by atoms with Gasteiger partial charge in [-0.25, -0.2) is 0 Å². The minimum atomic E-state index is 0.913. The normalized spacial score (nSPS) is 12.4. The molecule has 0 aliphatic rings. The number of rotatable bonds is 1. The lowest BCUT2D eigenvalue weighted by Crippen LogP contribution is -1.81. The first-order valence-electron chi connectivity index (χ1n) is 10.7. The van der Waals surface area contributed by atoms with E-state index in [1.807, 2.05) is 36.9 Å². The Morgan fingerprint density at radius 2 is 1.25 bits per heavy atom. The Kier molecular flexibility index (Phi) is 2.86. The lowest BCUT2D eigenvalue weighted by Gasteiger charge is -2.04. The highest BCUT2D eigenvalue weighted by molar-refractivity contribution is 6.24. The monoisotopic (exact) mass is 409 g/mol. The number of benzene rings is 3. The molecule has 0 unspecified atom stereocenters. The van der Waals surface area contributed by atoms with Crippen molar-refractivity contribution in [2.24, 2.45) is 0 Å². The smallest absolute Gasteiger partial charge is 0.136 e. The molecule has 32 heavy (non-hydrogen) atoms. The summed E-state index contributed by atoms with van der Waals surface area (Å²) in [5.74, 6) is 0. The van der Waals surface area contributed by atoms with Crippen molar-refractivity contribution in [3.05, 3.63) is 91.5 Å². The molecule has 0 radical (unpaired) electrons. The molecule has 148 valence electrons. The molecule has 0 saturated carbocycles. The van der Waals surface area contributed by atoms with E-state index >= 15 is 0 Å². The Labute approximate surface area is 181 Å². The highest BCUT2D eigenvalue weighted by atomic mass is 16.3. The molecule has 0 bridgehead atoms. The number of nitrogens with zero attached hydrogens (tertiary/aromatic N) is 3. The zero-order chi connectivity index (χ0) is 20.8. The maximum absolute atomic E-state index is 6.16. The van der Waals surface area contributed by atoms with Gasteiger partial charge in [-0.05, 0) is 53.6 Å². The number of aromatic nitrogens is 3. The third-order valence-corrected chi connectivity index (χ3v) is 6.71. The fourth-order valence-corrected chi connectivity index (χ4v) is 5.31. The number of pyridine rings is 2. The van der Waals surface area contributed by atoms with Crippen LogP contribution in [0.4, 0.5) is 0 Å². The first-order valence-corrected chi connectivity index (χ1v) is 10.7. The van der Waals surface area contributed by atoms with Gasteiger partial charge in [-0.15, -0.1) is 0 Å². The Morgan fingerprint density at radius 1 is 0.562 bits per heavy atom. The van der Waals surface area contributed by atoms with Gasteiger partial charge in [-0.2, -0.15) is 0 Å². The van der Waals surface area contributed by atoms with Gasteiger partial charge in [0.15, 0.2) is 0 Å². The van der Waals surface area contributed by atoms with Gasteiger partial charge in [0.2, 0.25) is 0 Å². The third kappa shape index (κ3) is 1.92. The first kappa shape index (κ1) is 16.3. The highest BCUT2D eigenvalue weighted by Gasteiger charge is 2.19. The molecule has 0 atom stereocenters. The Bertz CT molecular complexity index is 1910. The van der Waals surface area contributed by atoms with Crippen LogP contribution in [0.5, 0.6) is 0 Å². The van der Waals surface area contributed by atoms with Crippen molar-refractivity contribution < 1.29 is 4.42 Å². The topological polar surface area (TPSA) is 43.3 Å². The van der Waals surface area contributed by atoms with Crippen molar-refractivity contribution in [1.29, 1.82) is 0 Å². The average Bonchev–Trinajstić information content (AvgIpc) is 3.49. The van der Waals surface area contributed by atoms with Crippen molar-refractivity contribution in [2.75, 3.05) is 0 Å². The van der Waals surface area contributed by atoms with Gasteiger partial charge in [0, 0.05) is 44.7 Å². The summed E-state index contributed by atoms with van der Waals surface area (Å²) in [7, 11) is 0. The largest absolute Gasteiger partial charge is 0.456 e. The Balaban J connectivity index is 1.51. The van der Waals surface area contributed by atoms with E-state index < -0.39 is 0 Å². The summed E-state index contributed by atoms with van der Waals surface area (Å²) in [6.07, 6.45) is 7.62. The van der Waals surface area contributed by atoms with Crippen molar-refractivity contribution in [1.82, 2.24) is 14.4 Å². The summed E-state index contributed by atoms with van der Waals surface area (Å²) in [6.45, 7) is 0. The van der Waals surface area contributed by atoms with Crippen LogP contribution in [0.2, 0.25) is 0 Å². The number of fused-ring (bicyclic) bond motifs is 9. The van der Waals surface area contributed by atoms with E-state index in [0.717, 1.165) is 38.5 Å². The van der Waals surface area contributed by atoms with Crippen LogP contribution < -0.4 is 0 Å². The zero-order valence-electron chi connectivity index (χ0n) is 16.9. The molecule has 0 saturated heterocycles. The first-order chi connectivity index (χ1) is 15.9. The van der Waals surface area contributed by atoms with Crippen molar-refractivity contribution in [3.8, 4) is 11.1 Å². The second kappa shape index (κ2) is 5.62. The van der Waals surface area contributed by atoms with Crippen LogP contribution in [0.15, 0.2) is 95.9 Å². The molecular formula is C28H15N3O. The molecule has 5 heterocycles. The van der Waals surface area contributed by atoms with Crippen LogP contribution in [0.3, 0.4) is 0 Å². The molecule has 0 amide bonds. The lowest BCUT2D eigenvalue weighted by atomic mass is 9.99. The molecule has 8 aromatic rings.